The van der Waals surface area contributed by atoms with Crippen molar-refractivity contribution in [2.45, 2.75) is 41.9 Å². The van der Waals surface area contributed by atoms with Crippen molar-refractivity contribution >= 4 is 26.0 Å². The molecule has 0 unspecified atom stereocenters. The van der Waals surface area contributed by atoms with Gasteiger partial charge in [-0.1, -0.05) is 12.5 Å². The van der Waals surface area contributed by atoms with E-state index in [4.69, 9.17) is 4.74 Å². The van der Waals surface area contributed by atoms with E-state index >= 15 is 0 Å². The predicted molar refractivity (Wildman–Crippen MR) is 131 cm³/mol. The van der Waals surface area contributed by atoms with Gasteiger partial charge in [0, 0.05) is 31.7 Å². The normalized spacial score (nSPS) is 17.8. The standard InChI is InChI=1S/C24H31N3O6S2/c28-24(20-7-6-8-23(19-20)35(31,32)27-16-4-5-17-27)25-13-18-33-21-9-11-22(12-10-21)34(29,30)26-14-2-1-3-15-26/h6-12,19H,1-5,13-18H2,(H,25,28). The average Bonchev–Trinajstić information content (AvgIpc) is 3.44. The number of amides is 1. The second-order valence-electron chi connectivity index (χ2n) is 8.68. The van der Waals surface area contributed by atoms with Crippen molar-refractivity contribution in [1.82, 2.24) is 13.9 Å². The molecule has 2 aromatic carbocycles. The Morgan fingerprint density at radius 2 is 1.34 bits per heavy atom. The number of nitrogens with zero attached hydrogens (tertiary/aromatic N) is 2. The van der Waals surface area contributed by atoms with E-state index in [9.17, 15) is 21.6 Å². The fourth-order valence-corrected chi connectivity index (χ4v) is 7.35. The van der Waals surface area contributed by atoms with E-state index < -0.39 is 26.0 Å². The average molecular weight is 522 g/mol. The topological polar surface area (TPSA) is 113 Å². The maximum absolute atomic E-state index is 12.7. The van der Waals surface area contributed by atoms with E-state index in [-0.39, 0.29) is 28.5 Å². The van der Waals surface area contributed by atoms with Gasteiger partial charge in [0.1, 0.15) is 12.4 Å². The van der Waals surface area contributed by atoms with Gasteiger partial charge in [-0.2, -0.15) is 8.61 Å². The number of sulfonamides is 2. The van der Waals surface area contributed by atoms with E-state index in [0.717, 1.165) is 32.1 Å². The number of hydrogen-bond donors (Lipinski definition) is 1. The first-order chi connectivity index (χ1) is 16.8. The van der Waals surface area contributed by atoms with Crippen molar-refractivity contribution in [1.29, 1.82) is 0 Å². The number of carbonyl (C=O) groups is 1. The third-order valence-corrected chi connectivity index (χ3v) is 10.0. The molecule has 1 N–H and O–H groups in total. The minimum absolute atomic E-state index is 0.114. The zero-order valence-corrected chi connectivity index (χ0v) is 21.2. The molecule has 1 amide bonds. The molecular weight excluding hydrogens is 490 g/mol. The number of hydrogen-bond acceptors (Lipinski definition) is 6. The molecular formula is C24H31N3O6S2. The summed E-state index contributed by atoms with van der Waals surface area (Å²) >= 11 is 0. The summed E-state index contributed by atoms with van der Waals surface area (Å²) in [6.45, 7) is 2.48. The fraction of sp³-hybridized carbons (Fsp3) is 0.458. The molecule has 35 heavy (non-hydrogen) atoms. The molecule has 0 radical (unpaired) electrons. The van der Waals surface area contributed by atoms with Gasteiger partial charge < -0.3 is 10.1 Å². The predicted octanol–water partition coefficient (Wildman–Crippen LogP) is 2.45. The fourth-order valence-electron chi connectivity index (χ4n) is 4.27. The molecule has 190 valence electrons. The Balaban J connectivity index is 1.28. The first-order valence-electron chi connectivity index (χ1n) is 11.9. The van der Waals surface area contributed by atoms with Crippen LogP contribution in [0.15, 0.2) is 58.3 Å². The van der Waals surface area contributed by atoms with Crippen LogP contribution in [0.25, 0.3) is 0 Å². The zero-order valence-electron chi connectivity index (χ0n) is 19.6. The Hall–Kier alpha value is -2.47. The molecule has 9 nitrogen and oxygen atoms in total. The van der Waals surface area contributed by atoms with Crippen molar-refractivity contribution in [3.63, 3.8) is 0 Å². The lowest BCUT2D eigenvalue weighted by Crippen LogP contribution is -2.35. The molecule has 0 atom stereocenters. The number of benzene rings is 2. The van der Waals surface area contributed by atoms with E-state index in [2.05, 4.69) is 5.32 Å². The SMILES string of the molecule is O=C(NCCOc1ccc(S(=O)(=O)N2CCCCC2)cc1)c1cccc(S(=O)(=O)N2CCCC2)c1. The second-order valence-corrected chi connectivity index (χ2v) is 12.6. The summed E-state index contributed by atoms with van der Waals surface area (Å²) in [5, 5.41) is 2.72. The minimum Gasteiger partial charge on any atom is -0.492 e. The van der Waals surface area contributed by atoms with Crippen LogP contribution in [0, 0.1) is 0 Å². The highest BCUT2D eigenvalue weighted by molar-refractivity contribution is 7.89. The zero-order chi connectivity index (χ0) is 24.9. The number of rotatable bonds is 9. The number of nitrogens with one attached hydrogen (secondary N) is 1. The second kappa shape index (κ2) is 11.1. The largest absolute Gasteiger partial charge is 0.492 e. The van der Waals surface area contributed by atoms with Crippen LogP contribution in [0.2, 0.25) is 0 Å². The quantitative estimate of drug-likeness (QED) is 0.507. The van der Waals surface area contributed by atoms with Gasteiger partial charge in [-0.15, -0.1) is 0 Å². The Bertz CT molecular complexity index is 1230. The number of carbonyl (C=O) groups excluding carboxylic acids is 1. The molecule has 2 saturated heterocycles. The molecule has 0 bridgehead atoms. The molecule has 2 aromatic rings. The van der Waals surface area contributed by atoms with Gasteiger partial charge in [-0.05, 0) is 68.1 Å². The van der Waals surface area contributed by atoms with Crippen molar-refractivity contribution in [2.24, 2.45) is 0 Å². The summed E-state index contributed by atoms with van der Waals surface area (Å²) < 4.78 is 59.5. The molecule has 2 fully saturated rings. The lowest BCUT2D eigenvalue weighted by atomic mass is 10.2. The van der Waals surface area contributed by atoms with Crippen LogP contribution in [0.1, 0.15) is 42.5 Å². The van der Waals surface area contributed by atoms with Crippen LogP contribution in [-0.2, 0) is 20.0 Å². The minimum atomic E-state index is -3.59. The summed E-state index contributed by atoms with van der Waals surface area (Å²) in [6, 6.07) is 12.3. The highest BCUT2D eigenvalue weighted by atomic mass is 32.2. The number of ether oxygens (including phenoxy) is 1. The molecule has 0 saturated carbocycles. The number of piperidine rings is 1. The van der Waals surface area contributed by atoms with Gasteiger partial charge in [0.2, 0.25) is 20.0 Å². The van der Waals surface area contributed by atoms with Gasteiger partial charge in [-0.25, -0.2) is 16.8 Å². The monoisotopic (exact) mass is 521 g/mol. The Morgan fingerprint density at radius 3 is 1.97 bits per heavy atom. The summed E-state index contributed by atoms with van der Waals surface area (Å²) in [4.78, 5) is 12.9. The molecule has 0 aliphatic carbocycles. The van der Waals surface area contributed by atoms with Gasteiger partial charge in [0.15, 0.2) is 0 Å². The van der Waals surface area contributed by atoms with E-state index in [1.54, 1.807) is 24.3 Å². The van der Waals surface area contributed by atoms with Gasteiger partial charge in [0.05, 0.1) is 16.3 Å². The summed E-state index contributed by atoms with van der Waals surface area (Å²) in [7, 11) is -7.09. The van der Waals surface area contributed by atoms with Crippen LogP contribution in [0.5, 0.6) is 5.75 Å². The smallest absolute Gasteiger partial charge is 0.251 e. The first-order valence-corrected chi connectivity index (χ1v) is 14.8. The molecule has 2 aliphatic heterocycles. The molecule has 0 aromatic heterocycles. The Kier molecular flexibility index (Phi) is 8.10. The van der Waals surface area contributed by atoms with Gasteiger partial charge >= 0.3 is 0 Å². The summed E-state index contributed by atoms with van der Waals surface area (Å²) in [6.07, 6.45) is 4.50. The van der Waals surface area contributed by atoms with Gasteiger partial charge in [0.25, 0.3) is 5.91 Å². The lowest BCUT2D eigenvalue weighted by Gasteiger charge is -2.25. The lowest BCUT2D eigenvalue weighted by molar-refractivity contribution is 0.0946. The first kappa shape index (κ1) is 25.6. The van der Waals surface area contributed by atoms with Crippen LogP contribution < -0.4 is 10.1 Å². The van der Waals surface area contributed by atoms with E-state index in [1.165, 1.54) is 32.9 Å². The molecule has 4 rings (SSSR count). The maximum Gasteiger partial charge on any atom is 0.251 e. The highest BCUT2D eigenvalue weighted by Crippen LogP contribution is 2.23. The third kappa shape index (κ3) is 6.03. The summed E-state index contributed by atoms with van der Waals surface area (Å²) in [5.41, 5.74) is 0.262. The Morgan fingerprint density at radius 1 is 0.771 bits per heavy atom. The summed E-state index contributed by atoms with van der Waals surface area (Å²) in [5.74, 6) is 0.102. The van der Waals surface area contributed by atoms with Crippen molar-refractivity contribution in [3.05, 3.63) is 54.1 Å². The van der Waals surface area contributed by atoms with Crippen LogP contribution in [-0.4, -0.2) is 70.7 Å². The molecule has 2 heterocycles. The third-order valence-electron chi connectivity index (χ3n) is 6.23. The molecule has 0 spiro atoms. The van der Waals surface area contributed by atoms with Crippen LogP contribution >= 0.6 is 0 Å². The van der Waals surface area contributed by atoms with Crippen molar-refractivity contribution < 1.29 is 26.4 Å². The molecule has 2 aliphatic rings. The maximum atomic E-state index is 12.7. The van der Waals surface area contributed by atoms with Crippen LogP contribution in [0.4, 0.5) is 0 Å². The van der Waals surface area contributed by atoms with Gasteiger partial charge in [-0.3, -0.25) is 4.79 Å². The van der Waals surface area contributed by atoms with Crippen LogP contribution in [0.3, 0.4) is 0 Å². The highest BCUT2D eigenvalue weighted by Gasteiger charge is 2.28. The van der Waals surface area contributed by atoms with Crippen molar-refractivity contribution in [3.8, 4) is 5.75 Å². The Labute approximate surface area is 207 Å². The van der Waals surface area contributed by atoms with E-state index in [0.29, 0.717) is 31.9 Å². The van der Waals surface area contributed by atoms with E-state index in [1.807, 2.05) is 0 Å². The van der Waals surface area contributed by atoms with Crippen molar-refractivity contribution in [2.75, 3.05) is 39.3 Å². The molecule has 11 heteroatoms.